The maximum absolute atomic E-state index is 10.3. The van der Waals surface area contributed by atoms with E-state index >= 15 is 0 Å². The van der Waals surface area contributed by atoms with E-state index in [0.29, 0.717) is 0 Å². The summed E-state index contributed by atoms with van der Waals surface area (Å²) in [6.45, 7) is 8.85. The highest BCUT2D eigenvalue weighted by Gasteiger charge is 2.38. The fourth-order valence-corrected chi connectivity index (χ4v) is 3.22. The predicted molar refractivity (Wildman–Crippen MR) is 68.3 cm³/mol. The molecule has 0 aromatic heterocycles. The van der Waals surface area contributed by atoms with Crippen molar-refractivity contribution in [3.05, 3.63) is 22.8 Å². The predicted octanol–water partition coefficient (Wildman–Crippen LogP) is 3.98. The quantitative estimate of drug-likeness (QED) is 0.654. The zero-order valence-electron chi connectivity index (χ0n) is 11.1. The Morgan fingerprint density at radius 2 is 1.88 bits per heavy atom. The summed E-state index contributed by atoms with van der Waals surface area (Å²) >= 11 is 0. The monoisotopic (exact) mass is 220 g/mol. The van der Waals surface area contributed by atoms with E-state index in [9.17, 15) is 5.11 Å². The molecule has 0 amide bonds. The Hall–Kier alpha value is -0.560. The molecular weight excluding hydrogens is 196 g/mol. The molecule has 1 heteroatoms. The molecule has 0 aromatic carbocycles. The van der Waals surface area contributed by atoms with Crippen molar-refractivity contribution in [3.63, 3.8) is 0 Å². The standard InChI is InChI=1S/C15H24O/c1-11-6-5-7-14(2,3)13-10-15(4,16)9-12(13)8-11/h8,16H,5-7,9-10H2,1-4H3/b11-8+. The molecule has 0 radical (unpaired) electrons. The van der Waals surface area contributed by atoms with Gasteiger partial charge in [-0.15, -0.1) is 0 Å². The fourth-order valence-electron chi connectivity index (χ4n) is 3.22. The summed E-state index contributed by atoms with van der Waals surface area (Å²) in [6.07, 6.45) is 7.75. The largest absolute Gasteiger partial charge is 0.390 e. The number of aliphatic hydroxyl groups is 1. The van der Waals surface area contributed by atoms with Crippen LogP contribution in [0.15, 0.2) is 22.8 Å². The topological polar surface area (TPSA) is 20.2 Å². The van der Waals surface area contributed by atoms with Gasteiger partial charge in [-0.25, -0.2) is 0 Å². The molecule has 0 heterocycles. The van der Waals surface area contributed by atoms with E-state index in [-0.39, 0.29) is 5.41 Å². The van der Waals surface area contributed by atoms with Crippen LogP contribution in [0.4, 0.5) is 0 Å². The normalized spacial score (nSPS) is 37.4. The molecule has 2 aliphatic rings. The zero-order chi connectivity index (χ0) is 12.0. The first-order valence-electron chi connectivity index (χ1n) is 6.42. The van der Waals surface area contributed by atoms with E-state index in [0.717, 1.165) is 12.8 Å². The number of rotatable bonds is 0. The lowest BCUT2D eigenvalue weighted by Gasteiger charge is -2.30. The van der Waals surface area contributed by atoms with Crippen molar-refractivity contribution in [2.24, 2.45) is 5.41 Å². The second-order valence-electron chi connectivity index (χ2n) is 6.58. The third-order valence-corrected chi connectivity index (χ3v) is 4.13. The minimum Gasteiger partial charge on any atom is -0.390 e. The van der Waals surface area contributed by atoms with Crippen molar-refractivity contribution >= 4 is 0 Å². The van der Waals surface area contributed by atoms with Gasteiger partial charge in [-0.1, -0.05) is 31.1 Å². The van der Waals surface area contributed by atoms with Gasteiger partial charge in [0.25, 0.3) is 0 Å². The summed E-state index contributed by atoms with van der Waals surface area (Å²) in [4.78, 5) is 0. The van der Waals surface area contributed by atoms with Crippen LogP contribution >= 0.6 is 0 Å². The van der Waals surface area contributed by atoms with Gasteiger partial charge in [0.05, 0.1) is 5.60 Å². The summed E-state index contributed by atoms with van der Waals surface area (Å²) in [5.74, 6) is 0. The highest BCUT2D eigenvalue weighted by atomic mass is 16.3. The maximum Gasteiger partial charge on any atom is 0.0697 e. The number of hydrogen-bond acceptors (Lipinski definition) is 1. The minimum atomic E-state index is -0.511. The van der Waals surface area contributed by atoms with E-state index < -0.39 is 5.60 Å². The lowest BCUT2D eigenvalue weighted by molar-refractivity contribution is 0.0683. The lowest BCUT2D eigenvalue weighted by Crippen LogP contribution is -2.22. The van der Waals surface area contributed by atoms with Gasteiger partial charge in [-0.2, -0.15) is 0 Å². The van der Waals surface area contributed by atoms with Crippen molar-refractivity contribution in [2.75, 3.05) is 0 Å². The van der Waals surface area contributed by atoms with E-state index in [1.165, 1.54) is 36.0 Å². The Morgan fingerprint density at radius 1 is 1.19 bits per heavy atom. The molecule has 1 nitrogen and oxygen atoms in total. The molecule has 1 atom stereocenters. The third-order valence-electron chi connectivity index (χ3n) is 4.13. The second kappa shape index (κ2) is 3.73. The molecule has 0 aliphatic heterocycles. The van der Waals surface area contributed by atoms with Gasteiger partial charge in [-0.3, -0.25) is 0 Å². The highest BCUT2D eigenvalue weighted by Crippen LogP contribution is 2.47. The van der Waals surface area contributed by atoms with Gasteiger partial charge in [0.15, 0.2) is 0 Å². The smallest absolute Gasteiger partial charge is 0.0697 e. The number of allylic oxidation sites excluding steroid dienone is 2. The first-order chi connectivity index (χ1) is 7.30. The maximum atomic E-state index is 10.3. The molecule has 1 unspecified atom stereocenters. The van der Waals surface area contributed by atoms with Crippen LogP contribution in [-0.4, -0.2) is 10.7 Å². The molecule has 2 rings (SSSR count). The molecule has 0 aromatic rings. The summed E-state index contributed by atoms with van der Waals surface area (Å²) < 4.78 is 0. The number of hydrogen-bond donors (Lipinski definition) is 1. The van der Waals surface area contributed by atoms with E-state index in [1.807, 2.05) is 6.92 Å². The molecule has 0 bridgehead atoms. The Kier molecular flexibility index (Phi) is 2.78. The van der Waals surface area contributed by atoms with Crippen molar-refractivity contribution in [2.45, 2.75) is 65.4 Å². The molecular formula is C15H24O. The van der Waals surface area contributed by atoms with Crippen LogP contribution < -0.4 is 0 Å². The van der Waals surface area contributed by atoms with Crippen LogP contribution in [0.3, 0.4) is 0 Å². The Morgan fingerprint density at radius 3 is 2.56 bits per heavy atom. The van der Waals surface area contributed by atoms with Crippen LogP contribution in [0.5, 0.6) is 0 Å². The minimum absolute atomic E-state index is 0.271. The zero-order valence-corrected chi connectivity index (χ0v) is 11.1. The van der Waals surface area contributed by atoms with Gasteiger partial charge >= 0.3 is 0 Å². The van der Waals surface area contributed by atoms with Crippen LogP contribution in [-0.2, 0) is 0 Å². The Labute approximate surface area is 99.3 Å². The van der Waals surface area contributed by atoms with Crippen molar-refractivity contribution in [1.29, 1.82) is 0 Å². The van der Waals surface area contributed by atoms with Gasteiger partial charge < -0.3 is 5.11 Å². The Bertz CT molecular complexity index is 356. The Balaban J connectivity index is 2.41. The first kappa shape index (κ1) is 11.9. The van der Waals surface area contributed by atoms with E-state index in [1.54, 1.807) is 0 Å². The van der Waals surface area contributed by atoms with Crippen LogP contribution in [0.2, 0.25) is 0 Å². The fraction of sp³-hybridized carbons (Fsp3) is 0.733. The first-order valence-corrected chi connectivity index (χ1v) is 6.42. The van der Waals surface area contributed by atoms with Crippen LogP contribution in [0.25, 0.3) is 0 Å². The average molecular weight is 220 g/mol. The molecule has 0 saturated carbocycles. The van der Waals surface area contributed by atoms with Gasteiger partial charge in [-0.05, 0) is 50.5 Å². The highest BCUT2D eigenvalue weighted by molar-refractivity contribution is 5.39. The summed E-state index contributed by atoms with van der Waals surface area (Å²) in [6, 6.07) is 0. The SMILES string of the molecule is C/C1=C\C2=C(CC(C)(O)C2)C(C)(C)CCC1. The average Bonchev–Trinajstić information content (AvgIpc) is 2.39. The van der Waals surface area contributed by atoms with E-state index in [2.05, 4.69) is 26.8 Å². The molecule has 1 N–H and O–H groups in total. The summed E-state index contributed by atoms with van der Waals surface area (Å²) in [5, 5.41) is 10.3. The molecule has 2 aliphatic carbocycles. The molecule has 0 spiro atoms. The van der Waals surface area contributed by atoms with E-state index in [4.69, 9.17) is 0 Å². The summed E-state index contributed by atoms with van der Waals surface area (Å²) in [5.41, 5.74) is 4.14. The van der Waals surface area contributed by atoms with Gasteiger partial charge in [0.1, 0.15) is 0 Å². The van der Waals surface area contributed by atoms with Crippen molar-refractivity contribution < 1.29 is 5.11 Å². The molecule has 0 saturated heterocycles. The third kappa shape index (κ3) is 2.24. The lowest BCUT2D eigenvalue weighted by atomic mass is 9.75. The molecule has 0 fully saturated rings. The molecule has 90 valence electrons. The van der Waals surface area contributed by atoms with Crippen molar-refractivity contribution in [3.8, 4) is 0 Å². The van der Waals surface area contributed by atoms with Gasteiger partial charge in [0, 0.05) is 6.42 Å². The molecule has 16 heavy (non-hydrogen) atoms. The summed E-state index contributed by atoms with van der Waals surface area (Å²) in [7, 11) is 0. The van der Waals surface area contributed by atoms with Crippen molar-refractivity contribution in [1.82, 2.24) is 0 Å². The van der Waals surface area contributed by atoms with Gasteiger partial charge in [0.2, 0.25) is 0 Å². The van der Waals surface area contributed by atoms with Crippen LogP contribution in [0.1, 0.15) is 59.8 Å². The van der Waals surface area contributed by atoms with Crippen LogP contribution in [0, 0.1) is 5.41 Å². The second-order valence-corrected chi connectivity index (χ2v) is 6.58.